The molecule has 0 radical (unpaired) electrons. The molecule has 0 aromatic carbocycles. The smallest absolute Gasteiger partial charge is 0.404 e. The van der Waals surface area contributed by atoms with Gasteiger partial charge in [-0.15, -0.1) is 0 Å². The van der Waals surface area contributed by atoms with Crippen LogP contribution in [-0.4, -0.2) is 24.2 Å². The van der Waals surface area contributed by atoms with E-state index in [1.807, 2.05) is 6.07 Å². The standard InChI is InChI=1S/C8H9Br2N3O2/c9-5-3-6(10)7(13-4-5)12-1-2-15-8(11)14/h3-4H,1-2H2,(H2,11,14)(H,12,13). The Kier molecular flexibility index (Phi) is 4.83. The van der Waals surface area contributed by atoms with E-state index in [2.05, 4.69) is 46.9 Å². The molecular formula is C8H9Br2N3O2. The summed E-state index contributed by atoms with van der Waals surface area (Å²) in [6.07, 6.45) is 0.891. The monoisotopic (exact) mass is 337 g/mol. The maximum atomic E-state index is 10.3. The van der Waals surface area contributed by atoms with Gasteiger partial charge in [0.25, 0.3) is 0 Å². The highest BCUT2D eigenvalue weighted by Crippen LogP contribution is 2.22. The number of nitrogens with zero attached hydrogens (tertiary/aromatic N) is 1. The van der Waals surface area contributed by atoms with Gasteiger partial charge in [0.05, 0.1) is 11.0 Å². The van der Waals surface area contributed by atoms with Crippen LogP contribution in [0.1, 0.15) is 0 Å². The van der Waals surface area contributed by atoms with Crippen LogP contribution < -0.4 is 11.1 Å². The molecule has 15 heavy (non-hydrogen) atoms. The van der Waals surface area contributed by atoms with Crippen LogP contribution in [-0.2, 0) is 4.74 Å². The van der Waals surface area contributed by atoms with Crippen LogP contribution in [0.5, 0.6) is 0 Å². The Labute approximate surface area is 104 Å². The number of rotatable bonds is 4. The Bertz CT molecular complexity index is 360. The maximum absolute atomic E-state index is 10.3. The van der Waals surface area contributed by atoms with E-state index >= 15 is 0 Å². The number of hydrogen-bond donors (Lipinski definition) is 2. The van der Waals surface area contributed by atoms with Crippen LogP contribution >= 0.6 is 31.9 Å². The molecule has 5 nitrogen and oxygen atoms in total. The van der Waals surface area contributed by atoms with E-state index in [4.69, 9.17) is 5.73 Å². The van der Waals surface area contributed by atoms with Crippen molar-refractivity contribution in [2.75, 3.05) is 18.5 Å². The molecule has 0 bridgehead atoms. The number of amides is 1. The van der Waals surface area contributed by atoms with Gasteiger partial charge in [0.15, 0.2) is 0 Å². The Morgan fingerprint density at radius 1 is 1.60 bits per heavy atom. The third-order valence-electron chi connectivity index (χ3n) is 1.45. The summed E-state index contributed by atoms with van der Waals surface area (Å²) in [6.45, 7) is 0.662. The molecule has 3 N–H and O–H groups in total. The van der Waals surface area contributed by atoms with Crippen molar-refractivity contribution in [1.29, 1.82) is 0 Å². The SMILES string of the molecule is NC(=O)OCCNc1ncc(Br)cc1Br. The fourth-order valence-corrected chi connectivity index (χ4v) is 1.99. The highest BCUT2D eigenvalue weighted by molar-refractivity contribution is 9.11. The average Bonchev–Trinajstić information content (AvgIpc) is 2.14. The quantitative estimate of drug-likeness (QED) is 0.824. The number of hydrogen-bond acceptors (Lipinski definition) is 4. The van der Waals surface area contributed by atoms with Crippen molar-refractivity contribution in [1.82, 2.24) is 4.98 Å². The van der Waals surface area contributed by atoms with Gasteiger partial charge in [0, 0.05) is 10.7 Å². The molecule has 1 amide bonds. The lowest BCUT2D eigenvalue weighted by molar-refractivity contribution is 0.161. The average molecular weight is 339 g/mol. The fraction of sp³-hybridized carbons (Fsp3) is 0.250. The summed E-state index contributed by atoms with van der Waals surface area (Å²) in [5.41, 5.74) is 4.80. The third-order valence-corrected chi connectivity index (χ3v) is 2.48. The molecule has 82 valence electrons. The molecular weight excluding hydrogens is 330 g/mol. The molecule has 1 heterocycles. The van der Waals surface area contributed by atoms with Gasteiger partial charge < -0.3 is 15.8 Å². The summed E-state index contributed by atoms with van der Waals surface area (Å²) in [4.78, 5) is 14.4. The Balaban J connectivity index is 2.40. The number of nitrogens with one attached hydrogen (secondary N) is 1. The first-order valence-corrected chi connectivity index (χ1v) is 5.65. The third kappa shape index (κ3) is 4.48. The summed E-state index contributed by atoms with van der Waals surface area (Å²) in [5, 5.41) is 2.98. The summed E-state index contributed by atoms with van der Waals surface area (Å²) in [6, 6.07) is 1.87. The summed E-state index contributed by atoms with van der Waals surface area (Å²) in [7, 11) is 0. The van der Waals surface area contributed by atoms with Crippen molar-refractivity contribution in [2.24, 2.45) is 5.73 Å². The Morgan fingerprint density at radius 3 is 2.93 bits per heavy atom. The van der Waals surface area contributed by atoms with Crippen LogP contribution in [0.3, 0.4) is 0 Å². The van der Waals surface area contributed by atoms with Crippen molar-refractivity contribution in [2.45, 2.75) is 0 Å². The Hall–Kier alpha value is -0.820. The molecule has 1 aromatic rings. The van der Waals surface area contributed by atoms with E-state index in [1.165, 1.54) is 0 Å². The normalized spacial score (nSPS) is 9.73. The zero-order chi connectivity index (χ0) is 11.3. The molecule has 7 heteroatoms. The van der Waals surface area contributed by atoms with Crippen LogP contribution in [0.15, 0.2) is 21.2 Å². The second-order valence-corrected chi connectivity index (χ2v) is 4.35. The van der Waals surface area contributed by atoms with Gasteiger partial charge in [-0.2, -0.15) is 0 Å². The van der Waals surface area contributed by atoms with Crippen molar-refractivity contribution < 1.29 is 9.53 Å². The largest absolute Gasteiger partial charge is 0.448 e. The summed E-state index contributed by atoms with van der Waals surface area (Å²) >= 11 is 6.63. The zero-order valence-electron chi connectivity index (χ0n) is 7.67. The van der Waals surface area contributed by atoms with E-state index < -0.39 is 6.09 Å². The topological polar surface area (TPSA) is 77.2 Å². The van der Waals surface area contributed by atoms with Crippen LogP contribution in [0.25, 0.3) is 0 Å². The van der Waals surface area contributed by atoms with E-state index in [1.54, 1.807) is 6.20 Å². The van der Waals surface area contributed by atoms with Crippen LogP contribution in [0.4, 0.5) is 10.6 Å². The number of aromatic nitrogens is 1. The van der Waals surface area contributed by atoms with Crippen LogP contribution in [0.2, 0.25) is 0 Å². The zero-order valence-corrected chi connectivity index (χ0v) is 10.8. The molecule has 0 aliphatic heterocycles. The summed E-state index contributed by atoms with van der Waals surface area (Å²) in [5.74, 6) is 0.686. The highest BCUT2D eigenvalue weighted by Gasteiger charge is 2.01. The number of primary amides is 1. The van der Waals surface area contributed by atoms with E-state index in [9.17, 15) is 4.79 Å². The first-order valence-electron chi connectivity index (χ1n) is 4.06. The Morgan fingerprint density at radius 2 is 2.33 bits per heavy atom. The fourth-order valence-electron chi connectivity index (χ4n) is 0.866. The highest BCUT2D eigenvalue weighted by atomic mass is 79.9. The lowest BCUT2D eigenvalue weighted by Crippen LogP contribution is -2.18. The second-order valence-electron chi connectivity index (χ2n) is 2.58. The molecule has 0 spiro atoms. The summed E-state index contributed by atoms with van der Waals surface area (Å²) < 4.78 is 6.26. The number of pyridine rings is 1. The lowest BCUT2D eigenvalue weighted by Gasteiger charge is -2.07. The van der Waals surface area contributed by atoms with Gasteiger partial charge in [-0.05, 0) is 37.9 Å². The van der Waals surface area contributed by atoms with Gasteiger partial charge in [-0.25, -0.2) is 9.78 Å². The number of halogens is 2. The van der Waals surface area contributed by atoms with E-state index in [0.29, 0.717) is 12.4 Å². The number of nitrogens with two attached hydrogens (primary N) is 1. The van der Waals surface area contributed by atoms with E-state index in [-0.39, 0.29) is 6.61 Å². The molecule has 0 aliphatic rings. The van der Waals surface area contributed by atoms with Gasteiger partial charge in [0.1, 0.15) is 12.4 Å². The minimum atomic E-state index is -0.778. The number of carbonyl (C=O) groups is 1. The molecule has 0 aliphatic carbocycles. The van der Waals surface area contributed by atoms with Crippen LogP contribution in [0, 0.1) is 0 Å². The number of anilines is 1. The van der Waals surface area contributed by atoms with Crippen molar-refractivity contribution in [3.8, 4) is 0 Å². The maximum Gasteiger partial charge on any atom is 0.404 e. The van der Waals surface area contributed by atoms with Gasteiger partial charge >= 0.3 is 6.09 Å². The van der Waals surface area contributed by atoms with Crippen molar-refractivity contribution in [3.63, 3.8) is 0 Å². The number of carbonyl (C=O) groups excluding carboxylic acids is 1. The molecule has 1 rings (SSSR count). The number of ether oxygens (including phenoxy) is 1. The molecule has 0 saturated carbocycles. The minimum absolute atomic E-state index is 0.208. The lowest BCUT2D eigenvalue weighted by atomic mass is 10.4. The van der Waals surface area contributed by atoms with Crippen molar-refractivity contribution >= 4 is 43.8 Å². The van der Waals surface area contributed by atoms with Crippen molar-refractivity contribution in [3.05, 3.63) is 21.2 Å². The first kappa shape index (κ1) is 12.3. The molecule has 0 unspecified atom stereocenters. The molecule has 0 fully saturated rings. The second kappa shape index (κ2) is 5.92. The van der Waals surface area contributed by atoms with E-state index in [0.717, 1.165) is 8.95 Å². The molecule has 0 atom stereocenters. The molecule has 1 aromatic heterocycles. The predicted octanol–water partition coefficient (Wildman–Crippen LogP) is 2.11. The van der Waals surface area contributed by atoms with Gasteiger partial charge in [0.2, 0.25) is 0 Å². The van der Waals surface area contributed by atoms with Gasteiger partial charge in [-0.3, -0.25) is 0 Å². The first-order chi connectivity index (χ1) is 7.09. The predicted molar refractivity (Wildman–Crippen MR) is 63.7 cm³/mol. The minimum Gasteiger partial charge on any atom is -0.448 e. The van der Waals surface area contributed by atoms with Gasteiger partial charge in [-0.1, -0.05) is 0 Å². The molecule has 0 saturated heterocycles.